The highest BCUT2D eigenvalue weighted by molar-refractivity contribution is 5.19. The van der Waals surface area contributed by atoms with E-state index in [1.165, 1.54) is 0 Å². The van der Waals surface area contributed by atoms with Crippen molar-refractivity contribution in [3.63, 3.8) is 0 Å². The Balaban J connectivity index is 2.56. The summed E-state index contributed by atoms with van der Waals surface area (Å²) in [6.45, 7) is 0. The van der Waals surface area contributed by atoms with E-state index in [9.17, 15) is 0 Å². The summed E-state index contributed by atoms with van der Waals surface area (Å²) in [5.41, 5.74) is 0. The smallest absolute Gasteiger partial charge is 0.0313 e. The third kappa shape index (κ3) is 6.01. The summed E-state index contributed by atoms with van der Waals surface area (Å²) in [5.74, 6) is 0. The Kier molecular flexibility index (Phi) is 6.05. The average Bonchev–Trinajstić information content (AvgIpc) is 2.22. The van der Waals surface area contributed by atoms with Gasteiger partial charge in [0.05, 0.1) is 0 Å². The number of rotatable bonds is 0. The highest BCUT2D eigenvalue weighted by atomic mass is 13.8. The Morgan fingerprint density at radius 3 is 1.00 bits per heavy atom. The van der Waals surface area contributed by atoms with Crippen molar-refractivity contribution < 1.29 is 0 Å². The van der Waals surface area contributed by atoms with E-state index in [0.29, 0.717) is 0 Å². The highest BCUT2D eigenvalue weighted by Crippen LogP contribution is 1.94. The van der Waals surface area contributed by atoms with Crippen molar-refractivity contribution in [2.45, 2.75) is 12.8 Å². The van der Waals surface area contributed by atoms with Gasteiger partial charge in [-0.3, -0.25) is 0 Å². The van der Waals surface area contributed by atoms with Gasteiger partial charge in [-0.25, -0.2) is 0 Å². The second-order valence-corrected chi connectivity index (χ2v) is 2.97. The maximum Gasteiger partial charge on any atom is -0.0313 e. The van der Waals surface area contributed by atoms with Crippen LogP contribution in [0.3, 0.4) is 0 Å². The zero-order chi connectivity index (χ0) is 9.90. The number of hydrogen-bond acceptors (Lipinski definition) is 0. The lowest BCUT2D eigenvalue weighted by Gasteiger charge is -1.84. The Bertz CT molecular complexity index is 264. The molecule has 0 N–H and O–H groups in total. The van der Waals surface area contributed by atoms with Crippen LogP contribution in [0.2, 0.25) is 0 Å². The summed E-state index contributed by atoms with van der Waals surface area (Å²) in [7, 11) is 0. The molecule has 1 aliphatic carbocycles. The SMILES string of the molecule is C1=C\C=C/C=C\CC\C=C/C=C\C=C/1. The third-order valence-corrected chi connectivity index (χ3v) is 1.77. The summed E-state index contributed by atoms with van der Waals surface area (Å²) in [4.78, 5) is 0. The Hall–Kier alpha value is -1.56. The van der Waals surface area contributed by atoms with Crippen molar-refractivity contribution >= 4 is 0 Å². The monoisotopic (exact) mass is 184 g/mol. The average molecular weight is 184 g/mol. The molecule has 1 rings (SSSR count). The summed E-state index contributed by atoms with van der Waals surface area (Å²) in [6, 6.07) is 0. The lowest BCUT2D eigenvalue weighted by Crippen LogP contribution is -1.63. The Labute approximate surface area is 86.3 Å². The molecule has 0 atom stereocenters. The molecule has 1 aliphatic rings. The van der Waals surface area contributed by atoms with Crippen LogP contribution >= 0.6 is 0 Å². The fraction of sp³-hybridized carbons (Fsp3) is 0.143. The van der Waals surface area contributed by atoms with Crippen molar-refractivity contribution in [2.75, 3.05) is 0 Å². The largest absolute Gasteiger partial charge is 0.0842 e. The minimum absolute atomic E-state index is 1.11. The quantitative estimate of drug-likeness (QED) is 0.531. The van der Waals surface area contributed by atoms with Crippen LogP contribution in [0.15, 0.2) is 72.9 Å². The van der Waals surface area contributed by atoms with E-state index in [-0.39, 0.29) is 0 Å². The van der Waals surface area contributed by atoms with Gasteiger partial charge in [-0.15, -0.1) is 0 Å². The summed E-state index contributed by atoms with van der Waals surface area (Å²) in [6.07, 6.45) is 27.0. The number of hydrogen-bond donors (Lipinski definition) is 0. The molecular formula is C14H16. The molecule has 72 valence electrons. The Morgan fingerprint density at radius 1 is 0.357 bits per heavy atom. The second-order valence-electron chi connectivity index (χ2n) is 2.97. The van der Waals surface area contributed by atoms with Gasteiger partial charge in [0, 0.05) is 0 Å². The Morgan fingerprint density at radius 2 is 0.643 bits per heavy atom. The van der Waals surface area contributed by atoms with Crippen LogP contribution < -0.4 is 0 Å². The zero-order valence-electron chi connectivity index (χ0n) is 8.34. The fourth-order valence-electron chi connectivity index (χ4n) is 1.06. The van der Waals surface area contributed by atoms with Crippen LogP contribution in [0.4, 0.5) is 0 Å². The molecule has 0 aromatic rings. The first-order valence-corrected chi connectivity index (χ1v) is 4.98. The molecular weight excluding hydrogens is 168 g/mol. The molecule has 0 heteroatoms. The molecule has 0 aliphatic heterocycles. The van der Waals surface area contributed by atoms with E-state index in [1.807, 2.05) is 36.5 Å². The predicted molar refractivity (Wildman–Crippen MR) is 64.1 cm³/mol. The molecule has 0 saturated heterocycles. The van der Waals surface area contributed by atoms with Crippen LogP contribution in [0.25, 0.3) is 0 Å². The van der Waals surface area contributed by atoms with E-state index >= 15 is 0 Å². The molecule has 0 fully saturated rings. The van der Waals surface area contributed by atoms with Crippen molar-refractivity contribution in [1.29, 1.82) is 0 Å². The van der Waals surface area contributed by atoms with E-state index in [1.54, 1.807) is 0 Å². The molecule has 0 spiro atoms. The van der Waals surface area contributed by atoms with Gasteiger partial charge in [0.15, 0.2) is 0 Å². The molecule has 0 aromatic carbocycles. The maximum absolute atomic E-state index is 2.18. The summed E-state index contributed by atoms with van der Waals surface area (Å²) < 4.78 is 0. The standard InChI is InChI=1S/C14H16/c1-2-4-6-8-10-12-14-13-11-9-7-5-3-1/h1-12H,13-14H2/b3-1-,4-2-,7-5-,8-6-,11-9-,12-10-. The van der Waals surface area contributed by atoms with Crippen LogP contribution in [-0.4, -0.2) is 0 Å². The first kappa shape index (κ1) is 10.5. The molecule has 0 amide bonds. The van der Waals surface area contributed by atoms with Gasteiger partial charge < -0.3 is 0 Å². The zero-order valence-corrected chi connectivity index (χ0v) is 8.34. The van der Waals surface area contributed by atoms with Gasteiger partial charge in [0.2, 0.25) is 0 Å². The first-order valence-electron chi connectivity index (χ1n) is 4.98. The van der Waals surface area contributed by atoms with Crippen molar-refractivity contribution in [2.24, 2.45) is 0 Å². The summed E-state index contributed by atoms with van der Waals surface area (Å²) >= 11 is 0. The third-order valence-electron chi connectivity index (χ3n) is 1.77. The lowest BCUT2D eigenvalue weighted by molar-refractivity contribution is 1.05. The highest BCUT2D eigenvalue weighted by Gasteiger charge is 1.74. The molecule has 0 bridgehead atoms. The molecule has 0 saturated carbocycles. The van der Waals surface area contributed by atoms with Crippen molar-refractivity contribution in [3.8, 4) is 0 Å². The molecule has 0 aromatic heterocycles. The first-order chi connectivity index (χ1) is 7.00. The summed E-state index contributed by atoms with van der Waals surface area (Å²) in [5, 5.41) is 0. The fourth-order valence-corrected chi connectivity index (χ4v) is 1.06. The molecule has 0 nitrogen and oxygen atoms in total. The van der Waals surface area contributed by atoms with Gasteiger partial charge in [-0.2, -0.15) is 0 Å². The predicted octanol–water partition coefficient (Wildman–Crippen LogP) is 4.12. The normalized spacial score (nSPS) is 30.9. The minimum Gasteiger partial charge on any atom is -0.0842 e. The van der Waals surface area contributed by atoms with Gasteiger partial charge in [-0.1, -0.05) is 72.9 Å². The maximum atomic E-state index is 2.18. The topological polar surface area (TPSA) is 0 Å². The van der Waals surface area contributed by atoms with E-state index in [2.05, 4.69) is 36.5 Å². The lowest BCUT2D eigenvalue weighted by atomic mass is 10.2. The molecule has 14 heavy (non-hydrogen) atoms. The van der Waals surface area contributed by atoms with Gasteiger partial charge in [-0.05, 0) is 12.8 Å². The van der Waals surface area contributed by atoms with Gasteiger partial charge in [0.25, 0.3) is 0 Å². The minimum atomic E-state index is 1.11. The van der Waals surface area contributed by atoms with E-state index in [0.717, 1.165) is 12.8 Å². The molecule has 0 heterocycles. The van der Waals surface area contributed by atoms with E-state index in [4.69, 9.17) is 0 Å². The molecule has 0 radical (unpaired) electrons. The van der Waals surface area contributed by atoms with Crippen LogP contribution in [0.5, 0.6) is 0 Å². The van der Waals surface area contributed by atoms with Crippen LogP contribution in [-0.2, 0) is 0 Å². The van der Waals surface area contributed by atoms with Gasteiger partial charge >= 0.3 is 0 Å². The van der Waals surface area contributed by atoms with Crippen molar-refractivity contribution in [1.82, 2.24) is 0 Å². The van der Waals surface area contributed by atoms with Crippen LogP contribution in [0, 0.1) is 0 Å². The van der Waals surface area contributed by atoms with Gasteiger partial charge in [0.1, 0.15) is 0 Å². The number of allylic oxidation sites excluding steroid dienone is 12. The van der Waals surface area contributed by atoms with E-state index < -0.39 is 0 Å². The van der Waals surface area contributed by atoms with Crippen LogP contribution in [0.1, 0.15) is 12.8 Å². The van der Waals surface area contributed by atoms with Crippen molar-refractivity contribution in [3.05, 3.63) is 72.9 Å². The molecule has 0 unspecified atom stereocenters. The second kappa shape index (κ2) is 8.06.